The van der Waals surface area contributed by atoms with Gasteiger partial charge in [-0.05, 0) is 24.7 Å². The van der Waals surface area contributed by atoms with E-state index < -0.39 is 0 Å². The summed E-state index contributed by atoms with van der Waals surface area (Å²) in [6.07, 6.45) is 5.44. The lowest BCUT2D eigenvalue weighted by molar-refractivity contribution is 0.0311. The molecule has 1 fully saturated rings. The van der Waals surface area contributed by atoms with Gasteiger partial charge in [0.05, 0.1) is 0 Å². The van der Waals surface area contributed by atoms with E-state index in [9.17, 15) is 0 Å². The van der Waals surface area contributed by atoms with E-state index in [0.29, 0.717) is 17.5 Å². The molecule has 1 aliphatic rings. The van der Waals surface area contributed by atoms with Crippen molar-refractivity contribution < 1.29 is 0 Å². The molecule has 1 rings (SSSR count). The number of hydrogen-bond acceptors (Lipinski definition) is 2. The Hall–Kier alpha value is -0.0800. The highest BCUT2D eigenvalue weighted by Gasteiger charge is 2.36. The summed E-state index contributed by atoms with van der Waals surface area (Å²) in [4.78, 5) is 2.80. The first kappa shape index (κ1) is 18.0. The van der Waals surface area contributed by atoms with Crippen molar-refractivity contribution in [3.8, 4) is 0 Å². The van der Waals surface area contributed by atoms with E-state index in [1.165, 1.54) is 32.2 Å². The lowest BCUT2D eigenvalue weighted by Gasteiger charge is -2.49. The van der Waals surface area contributed by atoms with Crippen molar-refractivity contribution in [3.05, 3.63) is 0 Å². The van der Waals surface area contributed by atoms with Crippen LogP contribution < -0.4 is 5.32 Å². The molecule has 0 amide bonds. The van der Waals surface area contributed by atoms with E-state index in [2.05, 4.69) is 58.7 Å². The van der Waals surface area contributed by atoms with Crippen LogP contribution in [0.4, 0.5) is 0 Å². The number of hydrogen-bond donors (Lipinski definition) is 1. The zero-order valence-corrected chi connectivity index (χ0v) is 15.0. The average molecular weight is 283 g/mol. The fourth-order valence-electron chi connectivity index (χ4n) is 3.35. The molecule has 0 aromatic carbocycles. The van der Waals surface area contributed by atoms with Gasteiger partial charge in [-0.1, -0.05) is 60.8 Å². The van der Waals surface area contributed by atoms with Crippen LogP contribution in [0.3, 0.4) is 0 Å². The van der Waals surface area contributed by atoms with E-state index in [1.54, 1.807) is 0 Å². The van der Waals surface area contributed by atoms with Gasteiger partial charge in [0, 0.05) is 31.2 Å². The first-order chi connectivity index (χ1) is 9.27. The Morgan fingerprint density at radius 2 is 1.80 bits per heavy atom. The number of nitrogens with one attached hydrogen (secondary N) is 1. The predicted octanol–water partition coefficient (Wildman–Crippen LogP) is 4.30. The summed E-state index contributed by atoms with van der Waals surface area (Å²) >= 11 is 0. The Morgan fingerprint density at radius 1 is 1.15 bits per heavy atom. The molecule has 3 atom stereocenters. The van der Waals surface area contributed by atoms with Gasteiger partial charge in [0.25, 0.3) is 0 Å². The van der Waals surface area contributed by atoms with Crippen LogP contribution in [-0.4, -0.2) is 36.1 Å². The first-order valence-corrected chi connectivity index (χ1v) is 8.76. The minimum Gasteiger partial charge on any atom is -0.311 e. The molecule has 1 saturated heterocycles. The molecule has 2 heteroatoms. The van der Waals surface area contributed by atoms with Gasteiger partial charge in [0.1, 0.15) is 0 Å². The van der Waals surface area contributed by atoms with Crippen molar-refractivity contribution in [2.24, 2.45) is 11.3 Å². The lowest BCUT2D eigenvalue weighted by atomic mass is 9.83. The second-order valence-corrected chi connectivity index (χ2v) is 8.18. The van der Waals surface area contributed by atoms with Crippen molar-refractivity contribution in [1.29, 1.82) is 0 Å². The Bertz CT molecular complexity index is 267. The molecule has 0 spiro atoms. The van der Waals surface area contributed by atoms with E-state index in [1.807, 2.05) is 0 Å². The maximum absolute atomic E-state index is 3.80. The molecule has 0 aromatic heterocycles. The Kier molecular flexibility index (Phi) is 7.00. The van der Waals surface area contributed by atoms with E-state index in [4.69, 9.17) is 0 Å². The van der Waals surface area contributed by atoms with Crippen LogP contribution >= 0.6 is 0 Å². The maximum atomic E-state index is 3.80. The molecule has 0 aliphatic carbocycles. The van der Waals surface area contributed by atoms with Crippen LogP contribution in [0.2, 0.25) is 0 Å². The fraction of sp³-hybridized carbons (Fsp3) is 1.00. The Morgan fingerprint density at radius 3 is 2.30 bits per heavy atom. The molecule has 3 unspecified atom stereocenters. The zero-order chi connectivity index (χ0) is 15.3. The van der Waals surface area contributed by atoms with E-state index in [-0.39, 0.29) is 0 Å². The Balaban J connectivity index is 2.68. The van der Waals surface area contributed by atoms with Gasteiger partial charge in [-0.15, -0.1) is 0 Å². The van der Waals surface area contributed by atoms with Crippen LogP contribution in [0, 0.1) is 11.3 Å². The quantitative estimate of drug-likeness (QED) is 0.731. The van der Waals surface area contributed by atoms with Gasteiger partial charge >= 0.3 is 0 Å². The predicted molar refractivity (Wildman–Crippen MR) is 90.2 cm³/mol. The van der Waals surface area contributed by atoms with Crippen LogP contribution in [0.1, 0.15) is 74.1 Å². The number of nitrogens with zero attached hydrogens (tertiary/aromatic N) is 1. The molecule has 1 N–H and O–H groups in total. The summed E-state index contributed by atoms with van der Waals surface area (Å²) in [6.45, 7) is 18.9. The van der Waals surface area contributed by atoms with E-state index >= 15 is 0 Å². The van der Waals surface area contributed by atoms with Crippen molar-refractivity contribution in [3.63, 3.8) is 0 Å². The highest BCUT2D eigenvalue weighted by Crippen LogP contribution is 2.28. The minimum atomic E-state index is 0.351. The van der Waals surface area contributed by atoms with Crippen molar-refractivity contribution in [2.45, 2.75) is 92.3 Å². The Labute approximate surface area is 127 Å². The summed E-state index contributed by atoms with van der Waals surface area (Å²) < 4.78 is 0. The maximum Gasteiger partial charge on any atom is 0.0247 e. The van der Waals surface area contributed by atoms with Gasteiger partial charge in [0.15, 0.2) is 0 Å². The second-order valence-electron chi connectivity index (χ2n) is 8.18. The van der Waals surface area contributed by atoms with Crippen LogP contribution in [0.5, 0.6) is 0 Å². The topological polar surface area (TPSA) is 15.3 Å². The fourth-order valence-corrected chi connectivity index (χ4v) is 3.35. The third-order valence-electron chi connectivity index (χ3n) is 5.00. The number of unbranched alkanes of at least 4 members (excludes halogenated alkanes) is 2. The summed E-state index contributed by atoms with van der Waals surface area (Å²) in [5, 5.41) is 3.80. The summed E-state index contributed by atoms with van der Waals surface area (Å²) in [5.74, 6) is 0.733. The molecule has 0 aromatic rings. The van der Waals surface area contributed by atoms with Crippen LogP contribution in [0.25, 0.3) is 0 Å². The van der Waals surface area contributed by atoms with Crippen molar-refractivity contribution in [1.82, 2.24) is 10.2 Å². The smallest absolute Gasteiger partial charge is 0.0247 e. The third kappa shape index (κ3) is 5.04. The standard InChI is InChI=1S/C18H38N2/c1-8-9-10-11-15(4)20-13-17(18(5,6)7)19-12-16(20)14(2)3/h14-17,19H,8-13H2,1-7H3. The molecule has 0 bridgehead atoms. The van der Waals surface area contributed by atoms with Gasteiger partial charge in [-0.3, -0.25) is 4.90 Å². The minimum absolute atomic E-state index is 0.351. The largest absolute Gasteiger partial charge is 0.311 e. The third-order valence-corrected chi connectivity index (χ3v) is 5.00. The van der Waals surface area contributed by atoms with Gasteiger partial charge in [-0.2, -0.15) is 0 Å². The normalized spacial score (nSPS) is 27.0. The van der Waals surface area contributed by atoms with Crippen LogP contribution in [0.15, 0.2) is 0 Å². The van der Waals surface area contributed by atoms with E-state index in [0.717, 1.165) is 18.5 Å². The van der Waals surface area contributed by atoms with Crippen LogP contribution in [-0.2, 0) is 0 Å². The number of piperazine rings is 1. The van der Waals surface area contributed by atoms with Crippen molar-refractivity contribution in [2.75, 3.05) is 13.1 Å². The highest BCUT2D eigenvalue weighted by atomic mass is 15.3. The molecular weight excluding hydrogens is 244 g/mol. The average Bonchev–Trinajstić information content (AvgIpc) is 2.37. The molecule has 2 nitrogen and oxygen atoms in total. The van der Waals surface area contributed by atoms with Gasteiger partial charge in [-0.25, -0.2) is 0 Å². The molecule has 20 heavy (non-hydrogen) atoms. The summed E-state index contributed by atoms with van der Waals surface area (Å²) in [5.41, 5.74) is 0.351. The SMILES string of the molecule is CCCCCC(C)N1CC(C(C)(C)C)NCC1C(C)C. The van der Waals surface area contributed by atoms with Crippen molar-refractivity contribution >= 4 is 0 Å². The highest BCUT2D eigenvalue weighted by molar-refractivity contribution is 4.94. The molecule has 0 radical (unpaired) electrons. The first-order valence-electron chi connectivity index (χ1n) is 8.76. The zero-order valence-electron chi connectivity index (χ0n) is 15.0. The molecule has 0 saturated carbocycles. The molecular formula is C18H38N2. The molecule has 120 valence electrons. The number of rotatable bonds is 6. The molecule has 1 aliphatic heterocycles. The summed E-state index contributed by atoms with van der Waals surface area (Å²) in [7, 11) is 0. The van der Waals surface area contributed by atoms with Gasteiger partial charge < -0.3 is 5.32 Å². The lowest BCUT2D eigenvalue weighted by Crippen LogP contribution is -2.63. The molecule has 1 heterocycles. The summed E-state index contributed by atoms with van der Waals surface area (Å²) in [6, 6.07) is 2.04. The monoisotopic (exact) mass is 282 g/mol. The van der Waals surface area contributed by atoms with Gasteiger partial charge in [0.2, 0.25) is 0 Å². The second kappa shape index (κ2) is 7.79.